The van der Waals surface area contributed by atoms with Crippen molar-refractivity contribution in [2.75, 3.05) is 12.3 Å². The van der Waals surface area contributed by atoms with Gasteiger partial charge in [0.05, 0.1) is 0 Å². The van der Waals surface area contributed by atoms with Gasteiger partial charge in [-0.15, -0.1) is 0 Å². The van der Waals surface area contributed by atoms with Crippen LogP contribution >= 0.6 is 11.6 Å². The Bertz CT molecular complexity index is 411. The quantitative estimate of drug-likeness (QED) is 0.359. The standard InChI is InChI=1S/C8H8AsClN2O3/c9-7-4(1-2-13)5(10)3-6(11)8(7)12(14)15/h3,13H,1-2,11H2. The van der Waals surface area contributed by atoms with Crippen molar-refractivity contribution in [2.45, 2.75) is 6.42 Å². The van der Waals surface area contributed by atoms with Gasteiger partial charge in [-0.05, 0) is 0 Å². The van der Waals surface area contributed by atoms with E-state index >= 15 is 0 Å². The summed E-state index contributed by atoms with van der Waals surface area (Å²) < 4.78 is 0.353. The summed E-state index contributed by atoms with van der Waals surface area (Å²) in [5, 5.41) is 19.9. The molecular formula is C8H8AsClN2O3. The number of benzene rings is 1. The fraction of sp³-hybridized carbons (Fsp3) is 0.250. The van der Waals surface area contributed by atoms with E-state index in [2.05, 4.69) is 16.9 Å². The first-order chi connectivity index (χ1) is 6.99. The Morgan fingerprint density at radius 2 is 2.27 bits per heavy atom. The molecule has 0 aliphatic heterocycles. The van der Waals surface area contributed by atoms with Crippen molar-refractivity contribution in [1.82, 2.24) is 0 Å². The summed E-state index contributed by atoms with van der Waals surface area (Å²) in [6.07, 6.45) is 0.268. The van der Waals surface area contributed by atoms with Crippen LogP contribution in [0.4, 0.5) is 11.4 Å². The summed E-state index contributed by atoms with van der Waals surface area (Å²) in [6.45, 7) is -0.119. The molecule has 0 bridgehead atoms. The molecule has 0 atom stereocenters. The van der Waals surface area contributed by atoms with E-state index < -0.39 is 4.92 Å². The molecule has 7 heteroatoms. The molecule has 3 N–H and O–H groups in total. The third kappa shape index (κ3) is 2.42. The van der Waals surface area contributed by atoms with E-state index in [1.54, 1.807) is 0 Å². The molecule has 0 saturated carbocycles. The van der Waals surface area contributed by atoms with E-state index in [-0.39, 0.29) is 24.4 Å². The van der Waals surface area contributed by atoms with Gasteiger partial charge in [0, 0.05) is 0 Å². The van der Waals surface area contributed by atoms with Crippen molar-refractivity contribution in [2.24, 2.45) is 0 Å². The molecule has 15 heavy (non-hydrogen) atoms. The second-order valence-corrected chi connectivity index (χ2v) is 4.20. The van der Waals surface area contributed by atoms with E-state index in [4.69, 9.17) is 22.4 Å². The van der Waals surface area contributed by atoms with Crippen LogP contribution in [-0.4, -0.2) is 33.5 Å². The number of nitro benzene ring substituents is 1. The van der Waals surface area contributed by atoms with Gasteiger partial charge >= 0.3 is 99.7 Å². The molecular weight excluding hydrogens is 282 g/mol. The summed E-state index contributed by atoms with van der Waals surface area (Å²) in [4.78, 5) is 10.2. The van der Waals surface area contributed by atoms with Gasteiger partial charge in [0.1, 0.15) is 0 Å². The van der Waals surface area contributed by atoms with Crippen LogP contribution in [0.5, 0.6) is 0 Å². The first kappa shape index (κ1) is 12.3. The number of hydrogen-bond acceptors (Lipinski definition) is 4. The van der Waals surface area contributed by atoms with Gasteiger partial charge in [-0.25, -0.2) is 0 Å². The van der Waals surface area contributed by atoms with Gasteiger partial charge in [0.2, 0.25) is 0 Å². The van der Waals surface area contributed by atoms with Crippen LogP contribution in [0.15, 0.2) is 6.07 Å². The zero-order chi connectivity index (χ0) is 11.6. The minimum atomic E-state index is -0.555. The molecule has 0 saturated heterocycles. The Hall–Kier alpha value is -0.772. The third-order valence-corrected chi connectivity index (χ3v) is 3.25. The number of aliphatic hydroxyl groups is 1. The number of anilines is 1. The average molecular weight is 291 g/mol. The number of rotatable bonds is 3. The van der Waals surface area contributed by atoms with Gasteiger partial charge < -0.3 is 0 Å². The Kier molecular flexibility index (Phi) is 3.96. The predicted octanol–water partition coefficient (Wildman–Crippen LogP) is 0.159. The Morgan fingerprint density at radius 1 is 1.67 bits per heavy atom. The molecule has 1 aromatic carbocycles. The van der Waals surface area contributed by atoms with Gasteiger partial charge in [0.15, 0.2) is 0 Å². The van der Waals surface area contributed by atoms with Gasteiger partial charge in [-0.3, -0.25) is 0 Å². The van der Waals surface area contributed by atoms with Crippen LogP contribution in [0.3, 0.4) is 0 Å². The molecule has 0 unspecified atom stereocenters. The Labute approximate surface area is 99.9 Å². The van der Waals surface area contributed by atoms with E-state index in [0.29, 0.717) is 14.9 Å². The number of nitrogens with two attached hydrogens (primary N) is 1. The summed E-state index contributed by atoms with van der Waals surface area (Å²) in [5.74, 6) is 0. The van der Waals surface area contributed by atoms with Crippen molar-refractivity contribution < 1.29 is 10.0 Å². The second kappa shape index (κ2) is 4.83. The van der Waals surface area contributed by atoms with Crippen molar-refractivity contribution in [1.29, 1.82) is 0 Å². The molecule has 5 nitrogen and oxygen atoms in total. The molecule has 80 valence electrons. The predicted molar refractivity (Wildman–Crippen MR) is 58.7 cm³/mol. The number of aliphatic hydroxyl groups excluding tert-OH is 1. The second-order valence-electron chi connectivity index (χ2n) is 2.85. The maximum atomic E-state index is 10.7. The van der Waals surface area contributed by atoms with E-state index in [0.717, 1.165) is 0 Å². The molecule has 1 rings (SSSR count). The third-order valence-electron chi connectivity index (χ3n) is 1.90. The van der Waals surface area contributed by atoms with Crippen LogP contribution < -0.4 is 10.1 Å². The van der Waals surface area contributed by atoms with Crippen LogP contribution in [0.1, 0.15) is 5.56 Å². The van der Waals surface area contributed by atoms with E-state index in [9.17, 15) is 10.1 Å². The monoisotopic (exact) mass is 290 g/mol. The van der Waals surface area contributed by atoms with Gasteiger partial charge in [-0.1, -0.05) is 0 Å². The summed E-state index contributed by atoms with van der Waals surface area (Å²) in [7, 11) is 0. The van der Waals surface area contributed by atoms with E-state index in [1.807, 2.05) is 0 Å². The first-order valence-corrected chi connectivity index (χ1v) is 5.35. The zero-order valence-electron chi connectivity index (χ0n) is 7.61. The summed E-state index contributed by atoms with van der Waals surface area (Å²) in [5.41, 5.74) is 5.90. The number of halogens is 1. The van der Waals surface area contributed by atoms with Crippen molar-refractivity contribution in [3.63, 3.8) is 0 Å². The van der Waals surface area contributed by atoms with Crippen LogP contribution in [0.2, 0.25) is 5.02 Å². The number of hydrogen-bond donors (Lipinski definition) is 2. The molecule has 1 aromatic rings. The first-order valence-electron chi connectivity index (χ1n) is 4.04. The summed E-state index contributed by atoms with van der Waals surface area (Å²) >= 11 is 7.94. The fourth-order valence-corrected chi connectivity index (χ4v) is 2.61. The fourth-order valence-electron chi connectivity index (χ4n) is 1.23. The van der Waals surface area contributed by atoms with Gasteiger partial charge in [-0.2, -0.15) is 0 Å². The zero-order valence-corrected chi connectivity index (χ0v) is 10.2. The molecule has 0 aliphatic rings. The van der Waals surface area contributed by atoms with Crippen molar-refractivity contribution in [3.05, 3.63) is 26.8 Å². The van der Waals surface area contributed by atoms with Crippen molar-refractivity contribution in [3.8, 4) is 0 Å². The molecule has 0 spiro atoms. The van der Waals surface area contributed by atoms with Crippen LogP contribution in [0.25, 0.3) is 0 Å². The van der Waals surface area contributed by atoms with Crippen molar-refractivity contribution >= 4 is 44.2 Å². The molecule has 0 fully saturated rings. The summed E-state index contributed by atoms with van der Waals surface area (Å²) in [6, 6.07) is 1.33. The number of nitro groups is 1. The van der Waals surface area contributed by atoms with E-state index in [1.165, 1.54) is 6.07 Å². The molecule has 0 aromatic heterocycles. The molecule has 2 radical (unpaired) electrons. The Morgan fingerprint density at radius 3 is 2.73 bits per heavy atom. The van der Waals surface area contributed by atoms with Crippen LogP contribution in [0, 0.1) is 10.1 Å². The molecule has 0 heterocycles. The minimum absolute atomic E-state index is 0.0299. The number of nitrogen functional groups attached to an aromatic ring is 1. The maximum absolute atomic E-state index is 10.7. The topological polar surface area (TPSA) is 89.4 Å². The Balaban J connectivity index is 3.42. The van der Waals surface area contributed by atoms with Crippen LogP contribution in [-0.2, 0) is 6.42 Å². The normalized spacial score (nSPS) is 10.3. The average Bonchev–Trinajstić information content (AvgIpc) is 2.11. The SMILES string of the molecule is Nc1cc(Cl)c(CCO)c([As])c1[N+](=O)[O-]. The number of nitrogens with zero attached hydrogens (tertiary/aromatic N) is 1. The molecule has 0 amide bonds. The van der Waals surface area contributed by atoms with Gasteiger partial charge in [0.25, 0.3) is 0 Å². The molecule has 0 aliphatic carbocycles.